The minimum atomic E-state index is 1.06. The summed E-state index contributed by atoms with van der Waals surface area (Å²) in [4.78, 5) is 0. The lowest BCUT2D eigenvalue weighted by molar-refractivity contribution is -0.932. The Morgan fingerprint density at radius 2 is 1.37 bits per heavy atom. The van der Waals surface area contributed by atoms with Crippen LogP contribution < -0.4 is 0 Å². The Balaban J connectivity index is 1.48. The Kier molecular flexibility index (Phi) is 3.92. The molecule has 2 aliphatic heterocycles. The Hall–Kier alpha value is -0.0800. The fraction of sp³-hybridized carbons (Fsp3) is 1.00. The predicted molar refractivity (Wildman–Crippen MR) is 80.9 cm³/mol. The third-order valence-corrected chi connectivity index (χ3v) is 6.33. The van der Waals surface area contributed by atoms with Crippen LogP contribution in [0.25, 0.3) is 0 Å². The van der Waals surface area contributed by atoms with E-state index in [0.717, 1.165) is 11.8 Å². The molecule has 0 aromatic heterocycles. The fourth-order valence-electron chi connectivity index (χ4n) is 5.39. The number of piperidine rings is 1. The van der Waals surface area contributed by atoms with Gasteiger partial charge >= 0.3 is 0 Å². The number of hydrogen-bond donors (Lipinski definition) is 0. The van der Waals surface area contributed by atoms with Crippen molar-refractivity contribution in [3.05, 3.63) is 0 Å². The Morgan fingerprint density at radius 3 is 2.00 bits per heavy atom. The second-order valence-electron chi connectivity index (χ2n) is 8.46. The first-order valence-electron chi connectivity index (χ1n) is 8.74. The lowest BCUT2D eigenvalue weighted by atomic mass is 9.77. The summed E-state index contributed by atoms with van der Waals surface area (Å²) in [5, 5.41) is 0. The summed E-state index contributed by atoms with van der Waals surface area (Å²) < 4.78 is 2.77. The van der Waals surface area contributed by atoms with Crippen LogP contribution in [0.5, 0.6) is 0 Å². The quantitative estimate of drug-likeness (QED) is 0.686. The van der Waals surface area contributed by atoms with Crippen molar-refractivity contribution < 1.29 is 8.97 Å². The van der Waals surface area contributed by atoms with Crippen LogP contribution in [0.15, 0.2) is 0 Å². The normalized spacial score (nSPS) is 41.4. The molecule has 2 heterocycles. The molecule has 3 aliphatic rings. The molecule has 0 N–H and O–H groups in total. The van der Waals surface area contributed by atoms with Gasteiger partial charge in [0.05, 0.1) is 53.4 Å². The average molecular weight is 266 g/mol. The summed E-state index contributed by atoms with van der Waals surface area (Å²) in [7, 11) is 5.03. The van der Waals surface area contributed by atoms with Crippen LogP contribution in [-0.4, -0.2) is 62.3 Å². The van der Waals surface area contributed by atoms with Crippen LogP contribution >= 0.6 is 0 Å². The van der Waals surface area contributed by atoms with Gasteiger partial charge < -0.3 is 8.97 Å². The van der Waals surface area contributed by atoms with Crippen LogP contribution in [0.4, 0.5) is 0 Å². The fourth-order valence-corrected chi connectivity index (χ4v) is 5.39. The summed E-state index contributed by atoms with van der Waals surface area (Å²) in [6.45, 7) is 8.73. The first-order chi connectivity index (χ1) is 9.07. The summed E-state index contributed by atoms with van der Waals surface area (Å²) in [6, 6.07) is 0. The third-order valence-electron chi connectivity index (χ3n) is 6.33. The van der Waals surface area contributed by atoms with E-state index < -0.39 is 0 Å². The maximum Gasteiger partial charge on any atom is 0.0839 e. The molecular formula is C17H34N2+2. The smallest absolute Gasteiger partial charge is 0.0839 e. The Bertz CT molecular complexity index is 294. The highest BCUT2D eigenvalue weighted by Crippen LogP contribution is 2.37. The Labute approximate surface area is 120 Å². The van der Waals surface area contributed by atoms with E-state index in [1.807, 2.05) is 0 Å². The van der Waals surface area contributed by atoms with Gasteiger partial charge in [0.15, 0.2) is 0 Å². The van der Waals surface area contributed by atoms with Crippen molar-refractivity contribution in [3.8, 4) is 0 Å². The summed E-state index contributed by atoms with van der Waals surface area (Å²) in [5.74, 6) is 2.13. The molecule has 3 fully saturated rings. The molecule has 2 saturated heterocycles. The summed E-state index contributed by atoms with van der Waals surface area (Å²) >= 11 is 0. The SMILES string of the molecule is C[N+]1(CCC[N+]2(C)CC3CCCC(C3)C2)CCCC1. The van der Waals surface area contributed by atoms with Crippen LogP contribution in [0, 0.1) is 11.8 Å². The van der Waals surface area contributed by atoms with Crippen LogP contribution in [0.1, 0.15) is 44.9 Å². The molecule has 2 atom stereocenters. The van der Waals surface area contributed by atoms with Crippen molar-refractivity contribution in [1.29, 1.82) is 0 Å². The molecule has 1 saturated carbocycles. The lowest BCUT2D eigenvalue weighted by Gasteiger charge is -2.47. The number of hydrogen-bond acceptors (Lipinski definition) is 0. The van der Waals surface area contributed by atoms with E-state index in [9.17, 15) is 0 Å². The van der Waals surface area contributed by atoms with Crippen molar-refractivity contribution in [2.75, 3.05) is 53.4 Å². The van der Waals surface area contributed by atoms with Gasteiger partial charge in [-0.2, -0.15) is 0 Å². The molecule has 2 unspecified atom stereocenters. The van der Waals surface area contributed by atoms with E-state index >= 15 is 0 Å². The predicted octanol–water partition coefficient (Wildman–Crippen LogP) is 2.88. The van der Waals surface area contributed by atoms with Crippen molar-refractivity contribution in [2.24, 2.45) is 11.8 Å². The molecule has 0 aromatic carbocycles. The Morgan fingerprint density at radius 1 is 0.789 bits per heavy atom. The molecular weight excluding hydrogens is 232 g/mol. The van der Waals surface area contributed by atoms with Crippen molar-refractivity contribution in [1.82, 2.24) is 0 Å². The number of quaternary nitrogens is 2. The van der Waals surface area contributed by atoms with Crippen LogP contribution in [0.2, 0.25) is 0 Å². The molecule has 0 amide bonds. The molecule has 0 radical (unpaired) electrons. The van der Waals surface area contributed by atoms with Gasteiger partial charge in [0.2, 0.25) is 0 Å². The summed E-state index contributed by atoms with van der Waals surface area (Å²) in [5.41, 5.74) is 0. The minimum Gasteiger partial charge on any atom is -0.326 e. The molecule has 0 aromatic rings. The van der Waals surface area contributed by atoms with Gasteiger partial charge in [0.25, 0.3) is 0 Å². The van der Waals surface area contributed by atoms with Crippen molar-refractivity contribution >= 4 is 0 Å². The van der Waals surface area contributed by atoms with Gasteiger partial charge in [0, 0.05) is 31.1 Å². The molecule has 3 rings (SSSR count). The second kappa shape index (κ2) is 5.37. The maximum atomic E-state index is 2.55. The molecule has 2 heteroatoms. The highest BCUT2D eigenvalue weighted by molar-refractivity contribution is 4.77. The van der Waals surface area contributed by atoms with Gasteiger partial charge in [-0.3, -0.25) is 0 Å². The van der Waals surface area contributed by atoms with E-state index in [2.05, 4.69) is 14.1 Å². The molecule has 2 nitrogen and oxygen atoms in total. The molecule has 1 aliphatic carbocycles. The molecule has 19 heavy (non-hydrogen) atoms. The first kappa shape index (κ1) is 13.9. The topological polar surface area (TPSA) is 0 Å². The first-order valence-corrected chi connectivity index (χ1v) is 8.74. The third kappa shape index (κ3) is 3.33. The summed E-state index contributed by atoms with van der Waals surface area (Å²) in [6.07, 6.45) is 10.5. The van der Waals surface area contributed by atoms with Crippen molar-refractivity contribution in [2.45, 2.75) is 44.9 Å². The van der Waals surface area contributed by atoms with E-state index in [-0.39, 0.29) is 0 Å². The number of nitrogens with zero attached hydrogens (tertiary/aromatic N) is 2. The van der Waals surface area contributed by atoms with E-state index in [4.69, 9.17) is 0 Å². The number of fused-ring (bicyclic) bond motifs is 2. The van der Waals surface area contributed by atoms with Crippen molar-refractivity contribution in [3.63, 3.8) is 0 Å². The zero-order chi connectivity index (χ0) is 13.3. The lowest BCUT2D eigenvalue weighted by Crippen LogP contribution is -2.56. The van der Waals surface area contributed by atoms with Gasteiger partial charge in [-0.15, -0.1) is 0 Å². The second-order valence-corrected chi connectivity index (χ2v) is 8.46. The van der Waals surface area contributed by atoms with Gasteiger partial charge in [-0.25, -0.2) is 0 Å². The maximum absolute atomic E-state index is 2.55. The minimum absolute atomic E-state index is 1.06. The molecule has 2 bridgehead atoms. The van der Waals surface area contributed by atoms with Gasteiger partial charge in [-0.1, -0.05) is 6.42 Å². The van der Waals surface area contributed by atoms with Crippen LogP contribution in [-0.2, 0) is 0 Å². The van der Waals surface area contributed by atoms with Gasteiger partial charge in [-0.05, 0) is 19.3 Å². The zero-order valence-corrected chi connectivity index (χ0v) is 13.2. The zero-order valence-electron chi connectivity index (χ0n) is 13.2. The highest BCUT2D eigenvalue weighted by atomic mass is 15.4. The number of rotatable bonds is 4. The van der Waals surface area contributed by atoms with Gasteiger partial charge in [0.1, 0.15) is 0 Å². The van der Waals surface area contributed by atoms with E-state index in [1.165, 1.54) is 86.8 Å². The van der Waals surface area contributed by atoms with E-state index in [1.54, 1.807) is 6.42 Å². The molecule has 0 spiro atoms. The highest BCUT2D eigenvalue weighted by Gasteiger charge is 2.39. The average Bonchev–Trinajstić information content (AvgIpc) is 2.75. The number of likely N-dealkylation sites (tertiary alicyclic amines) is 2. The monoisotopic (exact) mass is 266 g/mol. The standard InChI is InChI=1S/C17H34N2/c1-18(9-3-4-10-18)11-6-12-19(2)14-16-7-5-8-17(13-16)15-19/h16-17H,3-15H2,1-2H3/q+2. The van der Waals surface area contributed by atoms with Crippen LogP contribution in [0.3, 0.4) is 0 Å². The molecule has 110 valence electrons. The van der Waals surface area contributed by atoms with E-state index in [0.29, 0.717) is 0 Å². The largest absolute Gasteiger partial charge is 0.326 e.